The molecule has 0 aromatic carbocycles. The number of esters is 1. The van der Waals surface area contributed by atoms with E-state index in [1.807, 2.05) is 0 Å². The van der Waals surface area contributed by atoms with Crippen molar-refractivity contribution in [1.29, 1.82) is 0 Å². The van der Waals surface area contributed by atoms with E-state index in [9.17, 15) is 14.0 Å². The zero-order chi connectivity index (χ0) is 14.0. The van der Waals surface area contributed by atoms with E-state index >= 15 is 0 Å². The summed E-state index contributed by atoms with van der Waals surface area (Å²) in [6.07, 6.45) is 0.174. The summed E-state index contributed by atoms with van der Waals surface area (Å²) in [7, 11) is 3.47. The number of rotatable bonds is 7. The highest BCUT2D eigenvalue weighted by atomic mass is 19.1. The van der Waals surface area contributed by atoms with Gasteiger partial charge < -0.3 is 14.3 Å². The monoisotopic (exact) mass is 262 g/mol. The van der Waals surface area contributed by atoms with E-state index in [-0.39, 0.29) is 16.9 Å². The van der Waals surface area contributed by atoms with Crippen molar-refractivity contribution in [1.82, 2.24) is 0 Å². The number of nitrogens with zero attached hydrogens (tertiary/aromatic N) is 1. The lowest BCUT2D eigenvalue weighted by Crippen LogP contribution is -2.57. The Morgan fingerprint density at radius 1 is 1.44 bits per heavy atom. The Labute approximate surface area is 106 Å². The van der Waals surface area contributed by atoms with Crippen LogP contribution in [0.1, 0.15) is 26.2 Å². The molecule has 1 rings (SSSR count). The quantitative estimate of drug-likeness (QED) is 0.422. The first-order valence-corrected chi connectivity index (χ1v) is 6.08. The van der Waals surface area contributed by atoms with Crippen molar-refractivity contribution in [2.75, 3.05) is 27.2 Å². The Morgan fingerprint density at radius 2 is 2.00 bits per heavy atom. The fourth-order valence-corrected chi connectivity index (χ4v) is 2.35. The SMILES string of the molecule is CC(=O)OCCCC[N+](C)(C)C1(C(=O)O)CC1F. The van der Waals surface area contributed by atoms with Crippen LogP contribution in [-0.4, -0.2) is 60.5 Å². The van der Waals surface area contributed by atoms with Gasteiger partial charge in [-0.1, -0.05) is 0 Å². The third kappa shape index (κ3) is 2.80. The van der Waals surface area contributed by atoms with Crippen LogP contribution in [0, 0.1) is 0 Å². The highest BCUT2D eigenvalue weighted by Gasteiger charge is 2.72. The summed E-state index contributed by atoms with van der Waals surface area (Å²) in [6, 6.07) is 0. The minimum atomic E-state index is -1.28. The Hall–Kier alpha value is -1.17. The number of carbonyl (C=O) groups is 2. The molecule has 18 heavy (non-hydrogen) atoms. The Kier molecular flexibility index (Phi) is 4.32. The molecule has 0 aliphatic heterocycles. The van der Waals surface area contributed by atoms with Gasteiger partial charge in [-0.3, -0.25) is 4.79 Å². The number of carboxylic acids is 1. The van der Waals surface area contributed by atoms with E-state index in [0.717, 1.165) is 0 Å². The molecule has 0 spiro atoms. The van der Waals surface area contributed by atoms with E-state index in [1.165, 1.54) is 6.92 Å². The predicted octanol–water partition coefficient (Wildman–Crippen LogP) is 0.971. The molecule has 0 radical (unpaired) electrons. The molecule has 0 heterocycles. The van der Waals surface area contributed by atoms with Crippen LogP contribution >= 0.6 is 0 Å². The number of alkyl halides is 1. The Balaban J connectivity index is 2.41. The molecular weight excluding hydrogens is 241 g/mol. The normalized spacial score (nSPS) is 26.8. The van der Waals surface area contributed by atoms with Crippen molar-refractivity contribution in [3.63, 3.8) is 0 Å². The van der Waals surface area contributed by atoms with Crippen molar-refractivity contribution in [2.24, 2.45) is 0 Å². The van der Waals surface area contributed by atoms with E-state index in [2.05, 4.69) is 0 Å². The minimum absolute atomic E-state index is 0.0826. The lowest BCUT2D eigenvalue weighted by atomic mass is 10.1. The average Bonchev–Trinajstić information content (AvgIpc) is 2.91. The van der Waals surface area contributed by atoms with Gasteiger partial charge in [0.2, 0.25) is 5.54 Å². The molecule has 2 unspecified atom stereocenters. The summed E-state index contributed by atoms with van der Waals surface area (Å²) in [6.45, 7) is 2.22. The lowest BCUT2D eigenvalue weighted by molar-refractivity contribution is -0.918. The zero-order valence-electron chi connectivity index (χ0n) is 11.1. The number of unbranched alkanes of at least 4 members (excludes halogenated alkanes) is 1. The number of hydrogen-bond acceptors (Lipinski definition) is 3. The van der Waals surface area contributed by atoms with E-state index in [0.29, 0.717) is 26.0 Å². The Morgan fingerprint density at radius 3 is 2.39 bits per heavy atom. The average molecular weight is 262 g/mol. The highest BCUT2D eigenvalue weighted by Crippen LogP contribution is 2.48. The fourth-order valence-electron chi connectivity index (χ4n) is 2.35. The maximum atomic E-state index is 13.4. The Bertz CT molecular complexity index is 345. The van der Waals surface area contributed by atoms with Crippen molar-refractivity contribution >= 4 is 11.9 Å². The molecule has 1 N–H and O–H groups in total. The second-order valence-corrected chi connectivity index (χ2v) is 5.36. The molecule has 0 amide bonds. The van der Waals surface area contributed by atoms with Gasteiger partial charge in [-0.15, -0.1) is 0 Å². The second kappa shape index (κ2) is 5.22. The predicted molar refractivity (Wildman–Crippen MR) is 62.7 cm³/mol. The first-order valence-electron chi connectivity index (χ1n) is 6.08. The summed E-state index contributed by atoms with van der Waals surface area (Å²) in [5, 5.41) is 9.16. The number of likely N-dealkylation sites (N-methyl/N-ethyl adjacent to an activating group) is 1. The summed E-state index contributed by atoms with van der Waals surface area (Å²) >= 11 is 0. The van der Waals surface area contributed by atoms with Crippen LogP contribution in [-0.2, 0) is 14.3 Å². The van der Waals surface area contributed by atoms with Crippen LogP contribution in [0.25, 0.3) is 0 Å². The van der Waals surface area contributed by atoms with Crippen molar-refractivity contribution in [2.45, 2.75) is 37.9 Å². The number of aliphatic carboxylic acids is 1. The molecule has 6 heteroatoms. The van der Waals surface area contributed by atoms with E-state index in [4.69, 9.17) is 9.84 Å². The van der Waals surface area contributed by atoms with Gasteiger partial charge >= 0.3 is 11.9 Å². The molecule has 0 aromatic heterocycles. The van der Waals surface area contributed by atoms with Crippen molar-refractivity contribution < 1.29 is 28.3 Å². The topological polar surface area (TPSA) is 63.6 Å². The second-order valence-electron chi connectivity index (χ2n) is 5.36. The molecule has 104 valence electrons. The molecule has 5 nitrogen and oxygen atoms in total. The summed E-state index contributed by atoms with van der Waals surface area (Å²) in [5.41, 5.74) is -1.28. The van der Waals surface area contributed by atoms with Gasteiger partial charge in [0.1, 0.15) is 0 Å². The fraction of sp³-hybridized carbons (Fsp3) is 0.833. The molecule has 0 saturated heterocycles. The molecule has 1 aliphatic carbocycles. The maximum Gasteiger partial charge on any atom is 0.369 e. The van der Waals surface area contributed by atoms with Gasteiger partial charge in [-0.05, 0) is 12.8 Å². The van der Waals surface area contributed by atoms with Crippen molar-refractivity contribution in [3.05, 3.63) is 0 Å². The number of quaternary nitrogens is 1. The zero-order valence-corrected chi connectivity index (χ0v) is 11.1. The minimum Gasteiger partial charge on any atom is -0.477 e. The summed E-state index contributed by atoms with van der Waals surface area (Å²) in [4.78, 5) is 21.7. The number of ether oxygens (including phenoxy) is 1. The van der Waals surface area contributed by atoms with E-state index in [1.54, 1.807) is 14.1 Å². The van der Waals surface area contributed by atoms with Crippen LogP contribution in [0.3, 0.4) is 0 Å². The molecule has 1 saturated carbocycles. The molecule has 0 aromatic rings. The highest BCUT2D eigenvalue weighted by molar-refractivity contribution is 5.82. The standard InChI is InChI=1S/C12H20FNO4/c1-9(15)18-7-5-4-6-14(2,3)12(11(16)17)8-10(12)13/h10H,4-8H2,1-3H3/p+1. The number of carbonyl (C=O) groups excluding carboxylic acids is 1. The number of carboxylic acid groups (broad SMARTS) is 1. The molecular formula is C12H21FNO4+. The smallest absolute Gasteiger partial charge is 0.369 e. The number of halogens is 1. The van der Waals surface area contributed by atoms with E-state index < -0.39 is 17.7 Å². The van der Waals surface area contributed by atoms with Gasteiger partial charge in [-0.25, -0.2) is 9.18 Å². The first kappa shape index (κ1) is 14.9. The lowest BCUT2D eigenvalue weighted by Gasteiger charge is -2.36. The van der Waals surface area contributed by atoms with Gasteiger partial charge in [0, 0.05) is 6.92 Å². The van der Waals surface area contributed by atoms with Crippen molar-refractivity contribution in [3.8, 4) is 0 Å². The third-order valence-corrected chi connectivity index (χ3v) is 3.72. The van der Waals surface area contributed by atoms with Crippen LogP contribution in [0.2, 0.25) is 0 Å². The van der Waals surface area contributed by atoms with Crippen LogP contribution in [0.5, 0.6) is 0 Å². The molecule has 2 atom stereocenters. The molecule has 1 fully saturated rings. The first-order chi connectivity index (χ1) is 8.24. The van der Waals surface area contributed by atoms with Gasteiger partial charge in [0.15, 0.2) is 6.17 Å². The summed E-state index contributed by atoms with van der Waals surface area (Å²) in [5.74, 6) is -1.39. The molecule has 1 aliphatic rings. The van der Waals surface area contributed by atoms with Crippen LogP contribution in [0.4, 0.5) is 4.39 Å². The molecule has 0 bridgehead atoms. The van der Waals surface area contributed by atoms with Gasteiger partial charge in [-0.2, -0.15) is 0 Å². The van der Waals surface area contributed by atoms with Crippen LogP contribution in [0.15, 0.2) is 0 Å². The van der Waals surface area contributed by atoms with Gasteiger partial charge in [0.25, 0.3) is 0 Å². The maximum absolute atomic E-state index is 13.4. The largest absolute Gasteiger partial charge is 0.477 e. The van der Waals surface area contributed by atoms with Gasteiger partial charge in [0.05, 0.1) is 33.7 Å². The summed E-state index contributed by atoms with van der Waals surface area (Å²) < 4.78 is 18.3. The third-order valence-electron chi connectivity index (χ3n) is 3.72. The number of hydrogen-bond donors (Lipinski definition) is 1. The van der Waals surface area contributed by atoms with Crippen LogP contribution < -0.4 is 0 Å².